The van der Waals surface area contributed by atoms with E-state index in [1.807, 2.05) is 13.0 Å². The fraction of sp³-hybridized carbons (Fsp3) is 0.0833. The Morgan fingerprint density at radius 1 is 1.29 bits per heavy atom. The number of nitrogens with two attached hydrogens (primary N) is 1. The van der Waals surface area contributed by atoms with Gasteiger partial charge in [-0.3, -0.25) is 0 Å². The topological polar surface area (TPSA) is 84.8 Å². The van der Waals surface area contributed by atoms with Crippen molar-refractivity contribution in [1.29, 1.82) is 5.26 Å². The first-order chi connectivity index (χ1) is 8.20. The van der Waals surface area contributed by atoms with Crippen LogP contribution in [0.5, 0.6) is 11.6 Å². The first-order valence-electron chi connectivity index (χ1n) is 4.96. The third-order valence-corrected chi connectivity index (χ3v) is 2.28. The molecule has 0 radical (unpaired) electrons. The molecule has 1 heterocycles. The normalized spacial score (nSPS) is 9.65. The van der Waals surface area contributed by atoms with Gasteiger partial charge in [0.05, 0.1) is 12.4 Å². The minimum atomic E-state index is 0.252. The number of nitriles is 1. The molecule has 0 aliphatic carbocycles. The summed E-state index contributed by atoms with van der Waals surface area (Å²) >= 11 is 0. The second-order valence-electron chi connectivity index (χ2n) is 3.42. The number of hydrogen-bond acceptors (Lipinski definition) is 5. The Morgan fingerprint density at radius 3 is 2.76 bits per heavy atom. The summed E-state index contributed by atoms with van der Waals surface area (Å²) in [4.78, 5) is 7.83. The van der Waals surface area contributed by atoms with E-state index < -0.39 is 0 Å². The average molecular weight is 226 g/mol. The molecule has 17 heavy (non-hydrogen) atoms. The van der Waals surface area contributed by atoms with Crippen LogP contribution in [0.2, 0.25) is 0 Å². The molecule has 2 aromatic rings. The summed E-state index contributed by atoms with van der Waals surface area (Å²) < 4.78 is 5.53. The zero-order valence-electron chi connectivity index (χ0n) is 9.21. The minimum Gasteiger partial charge on any atom is -0.437 e. The molecule has 0 amide bonds. The Kier molecular flexibility index (Phi) is 2.88. The fourth-order valence-electron chi connectivity index (χ4n) is 1.28. The highest BCUT2D eigenvalue weighted by molar-refractivity contribution is 5.53. The predicted molar refractivity (Wildman–Crippen MR) is 62.4 cm³/mol. The zero-order chi connectivity index (χ0) is 12.3. The summed E-state index contributed by atoms with van der Waals surface area (Å²) in [5.74, 6) is 0.960. The van der Waals surface area contributed by atoms with Gasteiger partial charge in [0.1, 0.15) is 11.8 Å². The van der Waals surface area contributed by atoms with Gasteiger partial charge in [-0.1, -0.05) is 6.07 Å². The van der Waals surface area contributed by atoms with Crippen LogP contribution in [0.3, 0.4) is 0 Å². The molecule has 0 aliphatic heterocycles. The maximum absolute atomic E-state index is 8.59. The summed E-state index contributed by atoms with van der Waals surface area (Å²) in [5.41, 5.74) is 7.51. The highest BCUT2D eigenvalue weighted by atomic mass is 16.5. The number of benzene rings is 1. The summed E-state index contributed by atoms with van der Waals surface area (Å²) in [6.07, 6.45) is 2.76. The molecule has 0 saturated carbocycles. The molecule has 1 aromatic heterocycles. The number of nitrogen functional groups attached to an aromatic ring is 1. The first-order valence-corrected chi connectivity index (χ1v) is 4.96. The molecule has 2 rings (SSSR count). The van der Waals surface area contributed by atoms with Gasteiger partial charge in [-0.25, -0.2) is 9.97 Å². The van der Waals surface area contributed by atoms with Gasteiger partial charge in [0.25, 0.3) is 0 Å². The van der Waals surface area contributed by atoms with Gasteiger partial charge >= 0.3 is 0 Å². The van der Waals surface area contributed by atoms with Crippen LogP contribution in [-0.2, 0) is 0 Å². The van der Waals surface area contributed by atoms with E-state index >= 15 is 0 Å². The lowest BCUT2D eigenvalue weighted by Gasteiger charge is -2.08. The molecule has 84 valence electrons. The van der Waals surface area contributed by atoms with Gasteiger partial charge in [-0.2, -0.15) is 5.26 Å². The highest BCUT2D eigenvalue weighted by Crippen LogP contribution is 2.26. The third-order valence-electron chi connectivity index (χ3n) is 2.28. The Labute approximate surface area is 98.5 Å². The lowest BCUT2D eigenvalue weighted by Crippen LogP contribution is -1.95. The van der Waals surface area contributed by atoms with E-state index in [4.69, 9.17) is 15.7 Å². The standard InChI is InChI=1S/C12H10N4O/c1-8-10(14)3-2-4-11(8)17-12-7-15-9(5-13)6-16-12/h2-4,6-7H,14H2,1H3. The second kappa shape index (κ2) is 4.49. The van der Waals surface area contributed by atoms with Crippen LogP contribution in [0, 0.1) is 18.3 Å². The molecular weight excluding hydrogens is 216 g/mol. The lowest BCUT2D eigenvalue weighted by atomic mass is 10.2. The number of aromatic nitrogens is 2. The smallest absolute Gasteiger partial charge is 0.237 e. The molecule has 0 unspecified atom stereocenters. The summed E-state index contributed by atoms with van der Waals surface area (Å²) in [6.45, 7) is 1.86. The Bertz CT molecular complexity index is 572. The number of anilines is 1. The van der Waals surface area contributed by atoms with Gasteiger partial charge < -0.3 is 10.5 Å². The molecule has 0 fully saturated rings. The van der Waals surface area contributed by atoms with Crippen molar-refractivity contribution in [2.75, 3.05) is 5.73 Å². The molecule has 0 aliphatic rings. The Morgan fingerprint density at radius 2 is 2.12 bits per heavy atom. The van der Waals surface area contributed by atoms with Crippen LogP contribution < -0.4 is 10.5 Å². The number of ether oxygens (including phenoxy) is 1. The number of hydrogen-bond donors (Lipinski definition) is 1. The van der Waals surface area contributed by atoms with Crippen LogP contribution in [0.15, 0.2) is 30.6 Å². The number of nitrogens with zero attached hydrogens (tertiary/aromatic N) is 3. The van der Waals surface area contributed by atoms with Gasteiger partial charge in [0.2, 0.25) is 5.88 Å². The van der Waals surface area contributed by atoms with Crippen molar-refractivity contribution in [3.8, 4) is 17.7 Å². The molecular formula is C12H10N4O. The van der Waals surface area contributed by atoms with Crippen molar-refractivity contribution in [3.05, 3.63) is 41.9 Å². The van der Waals surface area contributed by atoms with Crippen LogP contribution in [0.4, 0.5) is 5.69 Å². The van der Waals surface area contributed by atoms with Crippen molar-refractivity contribution in [1.82, 2.24) is 9.97 Å². The monoisotopic (exact) mass is 226 g/mol. The van der Waals surface area contributed by atoms with Crippen molar-refractivity contribution in [3.63, 3.8) is 0 Å². The quantitative estimate of drug-likeness (QED) is 0.792. The highest BCUT2D eigenvalue weighted by Gasteiger charge is 2.05. The van der Waals surface area contributed by atoms with E-state index in [9.17, 15) is 0 Å². The van der Waals surface area contributed by atoms with Crippen LogP contribution in [-0.4, -0.2) is 9.97 Å². The zero-order valence-corrected chi connectivity index (χ0v) is 9.21. The molecule has 5 nitrogen and oxygen atoms in total. The van der Waals surface area contributed by atoms with E-state index in [2.05, 4.69) is 9.97 Å². The maximum Gasteiger partial charge on any atom is 0.237 e. The fourth-order valence-corrected chi connectivity index (χ4v) is 1.28. The molecule has 5 heteroatoms. The second-order valence-corrected chi connectivity index (χ2v) is 3.42. The lowest BCUT2D eigenvalue weighted by molar-refractivity contribution is 0.457. The van der Waals surface area contributed by atoms with Crippen molar-refractivity contribution >= 4 is 5.69 Å². The van der Waals surface area contributed by atoms with Gasteiger partial charge in [0, 0.05) is 11.3 Å². The SMILES string of the molecule is Cc1c(N)cccc1Oc1cnc(C#N)cn1. The molecule has 0 bridgehead atoms. The van der Waals surface area contributed by atoms with Crippen LogP contribution in [0.1, 0.15) is 11.3 Å². The third kappa shape index (κ3) is 2.32. The maximum atomic E-state index is 8.59. The molecule has 0 saturated heterocycles. The molecule has 0 spiro atoms. The van der Waals surface area contributed by atoms with E-state index in [1.54, 1.807) is 18.2 Å². The minimum absolute atomic E-state index is 0.252. The molecule has 1 aromatic carbocycles. The van der Waals surface area contributed by atoms with Gasteiger partial charge in [-0.05, 0) is 19.1 Å². The summed E-state index contributed by atoms with van der Waals surface area (Å²) in [7, 11) is 0. The van der Waals surface area contributed by atoms with Crippen LogP contribution in [0.25, 0.3) is 0 Å². The van der Waals surface area contributed by atoms with Crippen LogP contribution >= 0.6 is 0 Å². The van der Waals surface area contributed by atoms with E-state index in [1.165, 1.54) is 12.4 Å². The Hall–Kier alpha value is -2.61. The molecule has 0 atom stereocenters. The molecule has 2 N–H and O–H groups in total. The average Bonchev–Trinajstić information content (AvgIpc) is 2.36. The first kappa shape index (κ1) is 10.9. The van der Waals surface area contributed by atoms with Gasteiger partial charge in [-0.15, -0.1) is 0 Å². The van der Waals surface area contributed by atoms with Crippen molar-refractivity contribution < 1.29 is 4.74 Å². The largest absolute Gasteiger partial charge is 0.437 e. The van der Waals surface area contributed by atoms with Crippen molar-refractivity contribution in [2.24, 2.45) is 0 Å². The van der Waals surface area contributed by atoms with E-state index in [-0.39, 0.29) is 5.69 Å². The van der Waals surface area contributed by atoms with Crippen molar-refractivity contribution in [2.45, 2.75) is 6.92 Å². The Balaban J connectivity index is 2.26. The predicted octanol–water partition coefficient (Wildman–Crippen LogP) is 2.03. The van der Waals surface area contributed by atoms with E-state index in [0.29, 0.717) is 17.3 Å². The summed E-state index contributed by atoms with van der Waals surface area (Å²) in [6, 6.07) is 7.29. The van der Waals surface area contributed by atoms with Gasteiger partial charge in [0.15, 0.2) is 5.69 Å². The summed E-state index contributed by atoms with van der Waals surface area (Å²) in [5, 5.41) is 8.59. The number of rotatable bonds is 2. The van der Waals surface area contributed by atoms with E-state index in [0.717, 1.165) is 5.56 Å².